The molecule has 0 aliphatic carbocycles. The number of carboxylic acids is 1. The lowest BCUT2D eigenvalue weighted by Gasteiger charge is -2.17. The Kier molecular flexibility index (Phi) is 5.48. The summed E-state index contributed by atoms with van der Waals surface area (Å²) in [5.41, 5.74) is -0.0137. The van der Waals surface area contributed by atoms with E-state index < -0.39 is 17.3 Å². The Balaban J connectivity index is 2.64. The Morgan fingerprint density at radius 2 is 1.86 bits per heavy atom. The number of nitrogens with one attached hydrogen (secondary N) is 2. The third-order valence-electron chi connectivity index (χ3n) is 2.58. The van der Waals surface area contributed by atoms with Gasteiger partial charge in [0.15, 0.2) is 0 Å². The number of carbonyl (C=O) groups is 3. The van der Waals surface area contributed by atoms with Crippen LogP contribution < -0.4 is 10.6 Å². The predicted octanol–water partition coefficient (Wildman–Crippen LogP) is 2.25. The van der Waals surface area contributed by atoms with Crippen molar-refractivity contribution >= 4 is 39.4 Å². The summed E-state index contributed by atoms with van der Waals surface area (Å²) in [6.07, 6.45) is 0. The first-order chi connectivity index (χ1) is 9.61. The Hall–Kier alpha value is -1.89. The summed E-state index contributed by atoms with van der Waals surface area (Å²) in [4.78, 5) is 34.2. The number of hydrogen-bond donors (Lipinski definition) is 3. The number of anilines is 1. The van der Waals surface area contributed by atoms with Crippen molar-refractivity contribution in [2.75, 3.05) is 11.9 Å². The van der Waals surface area contributed by atoms with Crippen molar-refractivity contribution in [2.45, 2.75) is 20.8 Å². The van der Waals surface area contributed by atoms with Gasteiger partial charge in [0.05, 0.1) is 17.8 Å². The molecule has 0 heterocycles. The smallest absolute Gasteiger partial charge is 0.335 e. The molecule has 1 aromatic rings. The monoisotopic (exact) mass is 356 g/mol. The second-order valence-electron chi connectivity index (χ2n) is 5.48. The topological polar surface area (TPSA) is 95.5 Å². The standard InChI is InChI=1S/C14H17BrN2O4/c1-14(2,3)13(21)16-7-11(18)17-10-5-4-8(12(19)20)6-9(10)15/h4-6H,7H2,1-3H3,(H,16,21)(H,17,18)(H,19,20). The van der Waals surface area contributed by atoms with Crippen LogP contribution in [-0.4, -0.2) is 29.4 Å². The highest BCUT2D eigenvalue weighted by Crippen LogP contribution is 2.23. The summed E-state index contributed by atoms with van der Waals surface area (Å²) in [6, 6.07) is 4.26. The molecule has 1 rings (SSSR count). The van der Waals surface area contributed by atoms with Crippen molar-refractivity contribution < 1.29 is 19.5 Å². The van der Waals surface area contributed by atoms with Crippen molar-refractivity contribution in [3.05, 3.63) is 28.2 Å². The zero-order valence-electron chi connectivity index (χ0n) is 12.0. The number of hydrogen-bond acceptors (Lipinski definition) is 3. The third kappa shape index (κ3) is 5.18. The molecule has 0 unspecified atom stereocenters. The highest BCUT2D eigenvalue weighted by molar-refractivity contribution is 9.10. The van der Waals surface area contributed by atoms with E-state index in [0.717, 1.165) is 0 Å². The number of carbonyl (C=O) groups excluding carboxylic acids is 2. The van der Waals surface area contributed by atoms with E-state index in [1.54, 1.807) is 20.8 Å². The number of carboxylic acid groups (broad SMARTS) is 1. The van der Waals surface area contributed by atoms with Crippen LogP contribution in [0.3, 0.4) is 0 Å². The summed E-state index contributed by atoms with van der Waals surface area (Å²) >= 11 is 3.19. The van der Waals surface area contributed by atoms with E-state index in [-0.39, 0.29) is 18.0 Å². The second kappa shape index (κ2) is 6.71. The van der Waals surface area contributed by atoms with Crippen LogP contribution >= 0.6 is 15.9 Å². The van der Waals surface area contributed by atoms with Crippen LogP contribution in [0.2, 0.25) is 0 Å². The lowest BCUT2D eigenvalue weighted by Crippen LogP contribution is -2.39. The highest BCUT2D eigenvalue weighted by Gasteiger charge is 2.21. The summed E-state index contributed by atoms with van der Waals surface area (Å²) in [5, 5.41) is 14.0. The van der Waals surface area contributed by atoms with Gasteiger partial charge in [0.1, 0.15) is 0 Å². The lowest BCUT2D eigenvalue weighted by atomic mass is 9.96. The number of rotatable bonds is 4. The van der Waals surface area contributed by atoms with E-state index in [2.05, 4.69) is 26.6 Å². The molecule has 2 amide bonds. The van der Waals surface area contributed by atoms with Crippen molar-refractivity contribution in [1.29, 1.82) is 0 Å². The van der Waals surface area contributed by atoms with Gasteiger partial charge in [0.2, 0.25) is 11.8 Å². The fourth-order valence-corrected chi connectivity index (χ4v) is 1.85. The number of aromatic carboxylic acids is 1. The van der Waals surface area contributed by atoms with Crippen LogP contribution in [0.1, 0.15) is 31.1 Å². The quantitative estimate of drug-likeness (QED) is 0.770. The van der Waals surface area contributed by atoms with Gasteiger partial charge < -0.3 is 15.7 Å². The molecule has 7 heteroatoms. The fourth-order valence-electron chi connectivity index (χ4n) is 1.37. The van der Waals surface area contributed by atoms with E-state index >= 15 is 0 Å². The van der Waals surface area contributed by atoms with Gasteiger partial charge in [0.25, 0.3) is 0 Å². The van der Waals surface area contributed by atoms with Gasteiger partial charge in [-0.05, 0) is 34.1 Å². The van der Waals surface area contributed by atoms with Crippen molar-refractivity contribution in [2.24, 2.45) is 5.41 Å². The Morgan fingerprint density at radius 3 is 2.33 bits per heavy atom. The van der Waals surface area contributed by atoms with Crippen LogP contribution in [0.5, 0.6) is 0 Å². The number of benzene rings is 1. The molecule has 0 aromatic heterocycles. The summed E-state index contributed by atoms with van der Waals surface area (Å²) in [6.45, 7) is 5.10. The average Bonchev–Trinajstić information content (AvgIpc) is 2.36. The van der Waals surface area contributed by atoms with Crippen molar-refractivity contribution in [1.82, 2.24) is 5.32 Å². The van der Waals surface area contributed by atoms with E-state index in [4.69, 9.17) is 5.11 Å². The van der Waals surface area contributed by atoms with E-state index in [0.29, 0.717) is 10.2 Å². The molecule has 0 saturated heterocycles. The second-order valence-corrected chi connectivity index (χ2v) is 6.33. The minimum absolute atomic E-state index is 0.112. The predicted molar refractivity (Wildman–Crippen MR) is 82.2 cm³/mol. The SMILES string of the molecule is CC(C)(C)C(=O)NCC(=O)Nc1ccc(C(=O)O)cc1Br. The first kappa shape index (κ1) is 17.2. The van der Waals surface area contributed by atoms with Crippen LogP contribution in [0, 0.1) is 5.41 Å². The minimum atomic E-state index is -1.05. The van der Waals surface area contributed by atoms with Gasteiger partial charge in [0, 0.05) is 9.89 Å². The number of halogens is 1. The molecule has 0 bridgehead atoms. The summed E-state index contributed by atoms with van der Waals surface area (Å²) < 4.78 is 0.456. The first-order valence-corrected chi connectivity index (χ1v) is 7.01. The molecule has 0 atom stereocenters. The van der Waals surface area contributed by atoms with Crippen molar-refractivity contribution in [3.63, 3.8) is 0 Å². The minimum Gasteiger partial charge on any atom is -0.478 e. The third-order valence-corrected chi connectivity index (χ3v) is 3.24. The number of amides is 2. The summed E-state index contributed by atoms with van der Waals surface area (Å²) in [5.74, 6) is -1.67. The normalized spacial score (nSPS) is 10.9. The molecule has 0 spiro atoms. The lowest BCUT2D eigenvalue weighted by molar-refractivity contribution is -0.130. The highest BCUT2D eigenvalue weighted by atomic mass is 79.9. The zero-order chi connectivity index (χ0) is 16.2. The van der Waals surface area contributed by atoms with E-state index in [9.17, 15) is 14.4 Å². The van der Waals surface area contributed by atoms with Gasteiger partial charge in [-0.15, -0.1) is 0 Å². The molecule has 114 valence electrons. The molecule has 3 N–H and O–H groups in total. The Labute approximate surface area is 131 Å². The van der Waals surface area contributed by atoms with Gasteiger partial charge in [-0.25, -0.2) is 4.79 Å². The maximum atomic E-state index is 11.8. The Morgan fingerprint density at radius 1 is 1.24 bits per heavy atom. The zero-order valence-corrected chi connectivity index (χ0v) is 13.6. The maximum Gasteiger partial charge on any atom is 0.335 e. The Bertz CT molecular complexity index is 579. The average molecular weight is 357 g/mol. The fraction of sp³-hybridized carbons (Fsp3) is 0.357. The largest absolute Gasteiger partial charge is 0.478 e. The molecular weight excluding hydrogens is 340 g/mol. The molecule has 21 heavy (non-hydrogen) atoms. The van der Waals surface area contributed by atoms with Crippen molar-refractivity contribution in [3.8, 4) is 0 Å². The van der Waals surface area contributed by atoms with Gasteiger partial charge in [-0.1, -0.05) is 20.8 Å². The molecule has 0 aliphatic heterocycles. The van der Waals surface area contributed by atoms with E-state index in [1.807, 2.05) is 0 Å². The molecule has 6 nitrogen and oxygen atoms in total. The molecule has 0 fully saturated rings. The maximum absolute atomic E-state index is 11.8. The first-order valence-electron chi connectivity index (χ1n) is 6.22. The molecule has 0 saturated carbocycles. The molecule has 1 aromatic carbocycles. The van der Waals surface area contributed by atoms with Crippen LogP contribution in [-0.2, 0) is 9.59 Å². The summed E-state index contributed by atoms with van der Waals surface area (Å²) in [7, 11) is 0. The van der Waals surface area contributed by atoms with Gasteiger partial charge >= 0.3 is 5.97 Å². The molecule has 0 aliphatic rings. The van der Waals surface area contributed by atoms with Gasteiger partial charge in [-0.2, -0.15) is 0 Å². The van der Waals surface area contributed by atoms with Gasteiger partial charge in [-0.3, -0.25) is 9.59 Å². The van der Waals surface area contributed by atoms with Crippen LogP contribution in [0.25, 0.3) is 0 Å². The van der Waals surface area contributed by atoms with Crippen LogP contribution in [0.15, 0.2) is 22.7 Å². The van der Waals surface area contributed by atoms with Crippen LogP contribution in [0.4, 0.5) is 5.69 Å². The van der Waals surface area contributed by atoms with E-state index in [1.165, 1.54) is 18.2 Å². The molecule has 0 radical (unpaired) electrons. The molecular formula is C14H17BrN2O4.